The molecule has 0 saturated carbocycles. The molecular weight excluding hydrogens is 248 g/mol. The SMILES string of the molecule is N#Cc1c([N+](=O)[O-])ccc2c1O[C@@H]1CCNC[C@H]1N2. The van der Waals surface area contributed by atoms with Crippen molar-refractivity contribution in [1.29, 1.82) is 5.26 Å². The zero-order valence-electron chi connectivity index (χ0n) is 10.0. The summed E-state index contributed by atoms with van der Waals surface area (Å²) in [5, 5.41) is 26.6. The summed E-state index contributed by atoms with van der Waals surface area (Å²) in [4.78, 5) is 10.4. The Labute approximate surface area is 109 Å². The third-order valence-electron chi connectivity index (χ3n) is 3.47. The van der Waals surface area contributed by atoms with Crippen LogP contribution in [0.2, 0.25) is 0 Å². The number of nitrogens with one attached hydrogen (secondary N) is 2. The Bertz CT molecular complexity index is 581. The number of nitro groups is 1. The second-order valence-corrected chi connectivity index (χ2v) is 4.61. The minimum atomic E-state index is -0.559. The number of ether oxygens (including phenoxy) is 1. The topological polar surface area (TPSA) is 100 Å². The highest BCUT2D eigenvalue weighted by molar-refractivity contribution is 5.71. The molecule has 1 fully saturated rings. The summed E-state index contributed by atoms with van der Waals surface area (Å²) in [5.41, 5.74) is 0.425. The first-order valence-corrected chi connectivity index (χ1v) is 6.06. The molecule has 0 radical (unpaired) electrons. The molecule has 7 heteroatoms. The number of rotatable bonds is 1. The van der Waals surface area contributed by atoms with E-state index in [0.29, 0.717) is 11.4 Å². The summed E-state index contributed by atoms with van der Waals surface area (Å²) in [6.45, 7) is 1.62. The van der Waals surface area contributed by atoms with Crippen LogP contribution in [0.3, 0.4) is 0 Å². The first kappa shape index (κ1) is 11.7. The van der Waals surface area contributed by atoms with E-state index in [1.165, 1.54) is 6.07 Å². The van der Waals surface area contributed by atoms with Crippen LogP contribution in [0.1, 0.15) is 12.0 Å². The Kier molecular flexibility index (Phi) is 2.72. The van der Waals surface area contributed by atoms with E-state index in [1.807, 2.05) is 6.07 Å². The van der Waals surface area contributed by atoms with E-state index in [2.05, 4.69) is 10.6 Å². The molecule has 2 N–H and O–H groups in total. The fraction of sp³-hybridized carbons (Fsp3) is 0.417. The highest BCUT2D eigenvalue weighted by atomic mass is 16.6. The van der Waals surface area contributed by atoms with Gasteiger partial charge in [-0.15, -0.1) is 0 Å². The largest absolute Gasteiger partial charge is 0.484 e. The Morgan fingerprint density at radius 1 is 1.53 bits per heavy atom. The van der Waals surface area contributed by atoms with Crippen LogP contribution < -0.4 is 15.4 Å². The number of anilines is 1. The van der Waals surface area contributed by atoms with Crippen molar-refractivity contribution in [2.45, 2.75) is 18.6 Å². The minimum Gasteiger partial charge on any atom is -0.484 e. The van der Waals surface area contributed by atoms with Crippen LogP contribution in [0.15, 0.2) is 12.1 Å². The molecule has 19 heavy (non-hydrogen) atoms. The summed E-state index contributed by atoms with van der Waals surface area (Å²) in [6, 6.07) is 4.95. The van der Waals surface area contributed by atoms with Crippen LogP contribution in [0.25, 0.3) is 0 Å². The highest BCUT2D eigenvalue weighted by Crippen LogP contribution is 2.40. The van der Waals surface area contributed by atoms with Gasteiger partial charge in [0, 0.05) is 12.6 Å². The lowest BCUT2D eigenvalue weighted by Crippen LogP contribution is -2.52. The number of fused-ring (bicyclic) bond motifs is 2. The Morgan fingerprint density at radius 2 is 2.37 bits per heavy atom. The van der Waals surface area contributed by atoms with Crippen molar-refractivity contribution >= 4 is 11.4 Å². The quantitative estimate of drug-likeness (QED) is 0.577. The molecule has 0 amide bonds. The molecule has 1 aromatic carbocycles. The van der Waals surface area contributed by atoms with Gasteiger partial charge >= 0.3 is 0 Å². The van der Waals surface area contributed by atoms with E-state index in [9.17, 15) is 10.1 Å². The molecule has 1 saturated heterocycles. The van der Waals surface area contributed by atoms with Crippen LogP contribution in [-0.4, -0.2) is 30.2 Å². The molecular formula is C12H12N4O3. The second-order valence-electron chi connectivity index (χ2n) is 4.61. The number of nitro benzene ring substituents is 1. The Morgan fingerprint density at radius 3 is 3.11 bits per heavy atom. The average Bonchev–Trinajstić information content (AvgIpc) is 2.43. The number of hydrogen-bond acceptors (Lipinski definition) is 6. The lowest BCUT2D eigenvalue weighted by Gasteiger charge is -2.38. The molecule has 2 heterocycles. The molecule has 3 rings (SSSR count). The monoisotopic (exact) mass is 260 g/mol. The van der Waals surface area contributed by atoms with E-state index < -0.39 is 4.92 Å². The van der Waals surface area contributed by atoms with Crippen molar-refractivity contribution in [3.05, 3.63) is 27.8 Å². The van der Waals surface area contributed by atoms with Gasteiger partial charge in [-0.1, -0.05) is 0 Å². The molecule has 0 aliphatic carbocycles. The summed E-state index contributed by atoms with van der Waals surface area (Å²) in [6.07, 6.45) is 0.757. The van der Waals surface area contributed by atoms with Gasteiger partial charge in [-0.2, -0.15) is 5.26 Å². The van der Waals surface area contributed by atoms with Gasteiger partial charge in [-0.25, -0.2) is 0 Å². The zero-order chi connectivity index (χ0) is 13.4. The van der Waals surface area contributed by atoms with E-state index in [0.717, 1.165) is 19.5 Å². The highest BCUT2D eigenvalue weighted by Gasteiger charge is 2.35. The second kappa shape index (κ2) is 4.40. The van der Waals surface area contributed by atoms with Gasteiger partial charge in [-0.05, 0) is 19.0 Å². The van der Waals surface area contributed by atoms with E-state index >= 15 is 0 Å². The van der Waals surface area contributed by atoms with Crippen LogP contribution in [0.4, 0.5) is 11.4 Å². The van der Waals surface area contributed by atoms with Crippen LogP contribution in [-0.2, 0) is 0 Å². The number of hydrogen-bond donors (Lipinski definition) is 2. The Balaban J connectivity index is 2.06. The van der Waals surface area contributed by atoms with E-state index in [-0.39, 0.29) is 23.4 Å². The summed E-state index contributed by atoms with van der Waals surface area (Å²) in [7, 11) is 0. The van der Waals surface area contributed by atoms with Gasteiger partial charge in [-0.3, -0.25) is 10.1 Å². The lowest BCUT2D eigenvalue weighted by molar-refractivity contribution is -0.385. The van der Waals surface area contributed by atoms with Crippen molar-refractivity contribution in [1.82, 2.24) is 5.32 Å². The molecule has 0 unspecified atom stereocenters. The maximum absolute atomic E-state index is 10.9. The van der Waals surface area contributed by atoms with Crippen molar-refractivity contribution in [3.8, 4) is 11.8 Å². The van der Waals surface area contributed by atoms with Crippen molar-refractivity contribution in [3.63, 3.8) is 0 Å². The predicted octanol–water partition coefficient (Wildman–Crippen LogP) is 1.00. The molecule has 2 aliphatic rings. The van der Waals surface area contributed by atoms with Gasteiger partial charge in [0.15, 0.2) is 11.3 Å². The molecule has 1 aromatic rings. The number of piperidine rings is 1. The molecule has 7 nitrogen and oxygen atoms in total. The summed E-state index contributed by atoms with van der Waals surface area (Å²) < 4.78 is 5.82. The van der Waals surface area contributed by atoms with Crippen molar-refractivity contribution in [2.24, 2.45) is 0 Å². The van der Waals surface area contributed by atoms with Gasteiger partial charge in [0.25, 0.3) is 5.69 Å². The fourth-order valence-corrected chi connectivity index (χ4v) is 2.54. The fourth-order valence-electron chi connectivity index (χ4n) is 2.54. The smallest absolute Gasteiger partial charge is 0.291 e. The van der Waals surface area contributed by atoms with Crippen molar-refractivity contribution < 1.29 is 9.66 Å². The Hall–Kier alpha value is -2.33. The van der Waals surface area contributed by atoms with Crippen LogP contribution >= 0.6 is 0 Å². The predicted molar refractivity (Wildman–Crippen MR) is 67.1 cm³/mol. The maximum atomic E-state index is 10.9. The molecule has 0 aromatic heterocycles. The van der Waals surface area contributed by atoms with E-state index in [4.69, 9.17) is 10.00 Å². The van der Waals surface area contributed by atoms with Gasteiger partial charge in [0.1, 0.15) is 12.2 Å². The summed E-state index contributed by atoms with van der Waals surface area (Å²) in [5.74, 6) is 0.305. The summed E-state index contributed by atoms with van der Waals surface area (Å²) >= 11 is 0. The lowest BCUT2D eigenvalue weighted by atomic mass is 9.99. The number of nitrogens with zero attached hydrogens (tertiary/aromatic N) is 2. The third kappa shape index (κ3) is 1.86. The molecule has 0 spiro atoms. The standard InChI is InChI=1S/C12H12N4O3/c13-5-7-10(16(17)18)2-1-8-12(7)19-11-3-4-14-6-9(11)15-8/h1-2,9,11,14-15H,3-4,6H2/t9-,11-/m1/s1. The number of benzene rings is 1. The first-order valence-electron chi connectivity index (χ1n) is 6.06. The first-order chi connectivity index (χ1) is 9.20. The third-order valence-corrected chi connectivity index (χ3v) is 3.47. The van der Waals surface area contributed by atoms with Gasteiger partial charge in [0.05, 0.1) is 16.7 Å². The minimum absolute atomic E-state index is 0.00742. The zero-order valence-corrected chi connectivity index (χ0v) is 10.0. The molecule has 2 atom stereocenters. The van der Waals surface area contributed by atoms with Gasteiger partial charge < -0.3 is 15.4 Å². The normalized spacial score (nSPS) is 24.2. The van der Waals surface area contributed by atoms with Crippen LogP contribution in [0, 0.1) is 21.4 Å². The van der Waals surface area contributed by atoms with Crippen LogP contribution in [0.5, 0.6) is 5.75 Å². The van der Waals surface area contributed by atoms with Gasteiger partial charge in [0.2, 0.25) is 0 Å². The van der Waals surface area contributed by atoms with E-state index in [1.54, 1.807) is 6.07 Å². The number of nitriles is 1. The average molecular weight is 260 g/mol. The molecule has 2 aliphatic heterocycles. The molecule has 0 bridgehead atoms. The van der Waals surface area contributed by atoms with Crippen molar-refractivity contribution in [2.75, 3.05) is 18.4 Å². The molecule has 98 valence electrons. The maximum Gasteiger partial charge on any atom is 0.291 e.